The minimum Gasteiger partial charge on any atom is -0.446 e. The van der Waals surface area contributed by atoms with Gasteiger partial charge in [-0.05, 0) is 74.7 Å². The molecule has 0 aromatic heterocycles. The second kappa shape index (κ2) is 12.8. The Hall–Kier alpha value is -3.86. The first-order chi connectivity index (χ1) is 18.4. The van der Waals surface area contributed by atoms with Gasteiger partial charge in [-0.1, -0.05) is 53.5 Å². The molecule has 0 saturated carbocycles. The Bertz CT molecular complexity index is 1410. The number of benzene rings is 3. The summed E-state index contributed by atoms with van der Waals surface area (Å²) in [5.74, 6) is -1.96. The maximum absolute atomic E-state index is 13.4. The van der Waals surface area contributed by atoms with E-state index in [1.807, 2.05) is 25.1 Å². The third-order valence-corrected chi connectivity index (χ3v) is 6.77. The van der Waals surface area contributed by atoms with Crippen molar-refractivity contribution in [2.45, 2.75) is 51.7 Å². The topological polar surface area (TPSA) is 108 Å². The van der Waals surface area contributed by atoms with Gasteiger partial charge in [0, 0.05) is 23.9 Å². The summed E-state index contributed by atoms with van der Waals surface area (Å²) in [6.45, 7) is 6.12. The molecule has 0 radical (unpaired) electrons. The minimum atomic E-state index is -1.57. The molecule has 2 amide bonds. The fourth-order valence-corrected chi connectivity index (χ4v) is 4.51. The van der Waals surface area contributed by atoms with E-state index in [4.69, 9.17) is 27.9 Å². The summed E-state index contributed by atoms with van der Waals surface area (Å²) in [5.41, 5.74) is 0.959. The number of halogens is 2. The quantitative estimate of drug-likeness (QED) is 0.296. The number of rotatable bonds is 9. The lowest BCUT2D eigenvalue weighted by molar-refractivity contribution is -0.138. The standard InChI is InChI=1S/C30H29Cl2N3O4/c1-18(24(16-20-11-13-23(31)14-12-20)22-8-5-7-21(15-22)17-33)34-29(38)30(3,4)39-28(37)27-25(32)9-6-10-26(27)35-19(2)36/h5-15,18,24H,16H2,1-4H3,(H,34,38)(H,35,36). The zero-order chi connectivity index (χ0) is 28.7. The Kier molecular flexibility index (Phi) is 9.74. The lowest BCUT2D eigenvalue weighted by atomic mass is 9.85. The molecule has 0 fully saturated rings. The van der Waals surface area contributed by atoms with Crippen LogP contribution in [-0.4, -0.2) is 29.4 Å². The van der Waals surface area contributed by atoms with Crippen LogP contribution in [0.2, 0.25) is 10.0 Å². The van der Waals surface area contributed by atoms with Crippen molar-refractivity contribution < 1.29 is 19.1 Å². The third-order valence-electron chi connectivity index (χ3n) is 6.20. The molecule has 0 spiro atoms. The van der Waals surface area contributed by atoms with Crippen LogP contribution in [0.3, 0.4) is 0 Å². The molecule has 39 heavy (non-hydrogen) atoms. The molecule has 202 valence electrons. The minimum absolute atomic E-state index is 0.0442. The molecule has 2 unspecified atom stereocenters. The van der Waals surface area contributed by atoms with Crippen molar-refractivity contribution in [3.63, 3.8) is 0 Å². The van der Waals surface area contributed by atoms with Gasteiger partial charge in [0.2, 0.25) is 5.91 Å². The van der Waals surface area contributed by atoms with Gasteiger partial charge >= 0.3 is 5.97 Å². The first kappa shape index (κ1) is 29.7. The van der Waals surface area contributed by atoms with Crippen LogP contribution in [-0.2, 0) is 20.7 Å². The van der Waals surface area contributed by atoms with Gasteiger partial charge in [0.15, 0.2) is 5.60 Å². The van der Waals surface area contributed by atoms with E-state index in [2.05, 4.69) is 16.7 Å². The number of amides is 2. The van der Waals surface area contributed by atoms with Crippen molar-refractivity contribution in [3.05, 3.63) is 99.0 Å². The van der Waals surface area contributed by atoms with E-state index in [0.29, 0.717) is 17.0 Å². The van der Waals surface area contributed by atoms with Gasteiger partial charge in [0.05, 0.1) is 22.3 Å². The van der Waals surface area contributed by atoms with Gasteiger partial charge in [-0.15, -0.1) is 0 Å². The second-order valence-electron chi connectivity index (χ2n) is 9.68. The highest BCUT2D eigenvalue weighted by Gasteiger charge is 2.36. The monoisotopic (exact) mass is 565 g/mol. The number of ether oxygens (including phenoxy) is 1. The Labute approximate surface area is 238 Å². The van der Waals surface area contributed by atoms with E-state index < -0.39 is 23.5 Å². The molecule has 0 saturated heterocycles. The molecule has 3 aromatic carbocycles. The van der Waals surface area contributed by atoms with E-state index in [1.54, 1.807) is 36.4 Å². The molecule has 2 N–H and O–H groups in total. The van der Waals surface area contributed by atoms with E-state index in [-0.39, 0.29) is 28.1 Å². The summed E-state index contributed by atoms with van der Waals surface area (Å²) in [6.07, 6.45) is 0.563. The predicted molar refractivity (Wildman–Crippen MR) is 152 cm³/mol. The van der Waals surface area contributed by atoms with Gasteiger partial charge in [0.25, 0.3) is 5.91 Å². The molecule has 0 heterocycles. The first-order valence-corrected chi connectivity index (χ1v) is 13.0. The fourth-order valence-electron chi connectivity index (χ4n) is 4.13. The van der Waals surface area contributed by atoms with E-state index >= 15 is 0 Å². The van der Waals surface area contributed by atoms with Crippen molar-refractivity contribution in [2.75, 3.05) is 5.32 Å². The van der Waals surface area contributed by atoms with Crippen LogP contribution in [0.15, 0.2) is 66.7 Å². The number of nitrogens with zero attached hydrogens (tertiary/aromatic N) is 1. The highest BCUT2D eigenvalue weighted by Crippen LogP contribution is 2.29. The average Bonchev–Trinajstić information content (AvgIpc) is 2.87. The number of nitrogens with one attached hydrogen (secondary N) is 2. The van der Waals surface area contributed by atoms with Gasteiger partial charge in [-0.3, -0.25) is 9.59 Å². The van der Waals surface area contributed by atoms with E-state index in [0.717, 1.165) is 11.1 Å². The summed E-state index contributed by atoms with van der Waals surface area (Å²) in [7, 11) is 0. The Morgan fingerprint density at radius 2 is 1.69 bits per heavy atom. The Balaban J connectivity index is 1.83. The number of hydrogen-bond donors (Lipinski definition) is 2. The number of nitriles is 1. The van der Waals surface area contributed by atoms with E-state index in [9.17, 15) is 19.6 Å². The van der Waals surface area contributed by atoms with Crippen LogP contribution < -0.4 is 10.6 Å². The number of esters is 1. The Morgan fingerprint density at radius 3 is 2.33 bits per heavy atom. The SMILES string of the molecule is CC(=O)Nc1cccc(Cl)c1C(=O)OC(C)(C)C(=O)NC(C)C(Cc1ccc(Cl)cc1)c1cccc(C#N)c1. The summed E-state index contributed by atoms with van der Waals surface area (Å²) in [4.78, 5) is 38.1. The molecule has 3 aromatic rings. The van der Waals surface area contributed by atoms with Gasteiger partial charge in [-0.25, -0.2) is 4.79 Å². The molecule has 0 bridgehead atoms. The van der Waals surface area contributed by atoms with Crippen molar-refractivity contribution in [3.8, 4) is 6.07 Å². The third kappa shape index (κ3) is 7.82. The maximum atomic E-state index is 13.4. The molecular formula is C30H29Cl2N3O4. The smallest absolute Gasteiger partial charge is 0.342 e. The van der Waals surface area contributed by atoms with Crippen LogP contribution >= 0.6 is 23.2 Å². The van der Waals surface area contributed by atoms with E-state index in [1.165, 1.54) is 32.9 Å². The van der Waals surface area contributed by atoms with Crippen molar-refractivity contribution in [1.82, 2.24) is 5.32 Å². The van der Waals surface area contributed by atoms with Crippen LogP contribution in [0.4, 0.5) is 5.69 Å². The van der Waals surface area contributed by atoms with Crippen LogP contribution in [0.25, 0.3) is 0 Å². The summed E-state index contributed by atoms with van der Waals surface area (Å²) in [5, 5.41) is 15.6. The highest BCUT2D eigenvalue weighted by molar-refractivity contribution is 6.34. The van der Waals surface area contributed by atoms with Crippen LogP contribution in [0.1, 0.15) is 60.7 Å². The Morgan fingerprint density at radius 1 is 1.03 bits per heavy atom. The zero-order valence-corrected chi connectivity index (χ0v) is 23.6. The zero-order valence-electron chi connectivity index (χ0n) is 22.0. The average molecular weight is 566 g/mol. The summed E-state index contributed by atoms with van der Waals surface area (Å²) >= 11 is 12.3. The second-order valence-corrected chi connectivity index (χ2v) is 10.5. The largest absolute Gasteiger partial charge is 0.446 e. The lowest BCUT2D eigenvalue weighted by Crippen LogP contribution is -2.50. The molecular weight excluding hydrogens is 537 g/mol. The lowest BCUT2D eigenvalue weighted by Gasteiger charge is -2.30. The number of anilines is 1. The van der Waals surface area contributed by atoms with Gasteiger partial charge < -0.3 is 15.4 Å². The molecule has 0 aliphatic rings. The molecule has 7 nitrogen and oxygen atoms in total. The number of carbonyl (C=O) groups is 3. The number of hydrogen-bond acceptors (Lipinski definition) is 5. The molecule has 2 atom stereocenters. The van der Waals surface area contributed by atoms with Crippen molar-refractivity contribution in [1.29, 1.82) is 5.26 Å². The van der Waals surface area contributed by atoms with Crippen LogP contribution in [0.5, 0.6) is 0 Å². The summed E-state index contributed by atoms with van der Waals surface area (Å²) in [6, 6.07) is 21.0. The van der Waals surface area contributed by atoms with Crippen LogP contribution in [0, 0.1) is 11.3 Å². The highest BCUT2D eigenvalue weighted by atomic mass is 35.5. The predicted octanol–water partition coefficient (Wildman–Crippen LogP) is 6.29. The number of carbonyl (C=O) groups excluding carboxylic acids is 3. The summed E-state index contributed by atoms with van der Waals surface area (Å²) < 4.78 is 5.60. The normalized spacial score (nSPS) is 12.5. The molecule has 0 aliphatic heterocycles. The first-order valence-electron chi connectivity index (χ1n) is 12.3. The van der Waals surface area contributed by atoms with Gasteiger partial charge in [0.1, 0.15) is 5.56 Å². The maximum Gasteiger partial charge on any atom is 0.342 e. The van der Waals surface area contributed by atoms with Crippen molar-refractivity contribution in [2.24, 2.45) is 0 Å². The molecule has 9 heteroatoms. The molecule has 3 rings (SSSR count). The fraction of sp³-hybridized carbons (Fsp3) is 0.267. The molecule has 0 aliphatic carbocycles. The van der Waals surface area contributed by atoms with Crippen molar-refractivity contribution >= 4 is 46.7 Å². The van der Waals surface area contributed by atoms with Gasteiger partial charge in [-0.2, -0.15) is 5.26 Å².